The highest BCUT2D eigenvalue weighted by Crippen LogP contribution is 2.06. The number of H-pyrrole nitrogens is 1. The Bertz CT molecular complexity index is 676. The molecule has 28 heavy (non-hydrogen) atoms. The molecule has 0 saturated carbocycles. The normalized spacial score (nSPS) is 14.1. The van der Waals surface area contributed by atoms with Gasteiger partial charge in [0.05, 0.1) is 12.4 Å². The van der Waals surface area contributed by atoms with Crippen molar-refractivity contribution in [2.24, 2.45) is 17.4 Å². The molecule has 0 fully saturated rings. The minimum absolute atomic E-state index is 0.0636. The SMILES string of the molecule is CC(C)C[C@H](N)C(=O)N[C@@H](Cc1cnc[nH]1)C(=O)N[C@@H](CCC(N)=O)C(=O)O. The highest BCUT2D eigenvalue weighted by molar-refractivity contribution is 5.92. The van der Waals surface area contributed by atoms with E-state index < -0.39 is 41.8 Å². The second kappa shape index (κ2) is 11.0. The lowest BCUT2D eigenvalue weighted by Gasteiger charge is -2.23. The molecule has 1 aromatic heterocycles. The molecule has 0 spiro atoms. The van der Waals surface area contributed by atoms with Crippen molar-refractivity contribution in [1.82, 2.24) is 20.6 Å². The number of nitrogens with two attached hydrogens (primary N) is 2. The van der Waals surface area contributed by atoms with Crippen LogP contribution in [-0.2, 0) is 25.6 Å². The van der Waals surface area contributed by atoms with E-state index in [9.17, 15) is 24.3 Å². The van der Waals surface area contributed by atoms with Gasteiger partial charge in [0.1, 0.15) is 12.1 Å². The van der Waals surface area contributed by atoms with E-state index in [1.54, 1.807) is 0 Å². The number of carbonyl (C=O) groups is 4. The number of carboxylic acids is 1. The summed E-state index contributed by atoms with van der Waals surface area (Å²) in [6.07, 6.45) is 3.04. The molecule has 1 aromatic rings. The second-order valence-corrected chi connectivity index (χ2v) is 6.98. The monoisotopic (exact) mass is 396 g/mol. The number of nitrogens with zero attached hydrogens (tertiary/aromatic N) is 1. The van der Waals surface area contributed by atoms with E-state index in [2.05, 4.69) is 20.6 Å². The lowest BCUT2D eigenvalue weighted by Crippen LogP contribution is -2.55. The number of hydrogen-bond donors (Lipinski definition) is 6. The maximum atomic E-state index is 12.6. The summed E-state index contributed by atoms with van der Waals surface area (Å²) in [5, 5.41) is 14.1. The van der Waals surface area contributed by atoms with Gasteiger partial charge in [-0.25, -0.2) is 9.78 Å². The number of aliphatic carboxylic acids is 1. The average molecular weight is 396 g/mol. The number of imidazole rings is 1. The molecule has 1 rings (SSSR count). The number of carboxylic acid groups (broad SMARTS) is 1. The number of primary amides is 1. The Morgan fingerprint density at radius 2 is 1.82 bits per heavy atom. The third-order valence-corrected chi connectivity index (χ3v) is 3.97. The summed E-state index contributed by atoms with van der Waals surface area (Å²) in [4.78, 5) is 53.9. The van der Waals surface area contributed by atoms with Gasteiger partial charge in [0, 0.05) is 24.7 Å². The highest BCUT2D eigenvalue weighted by atomic mass is 16.4. The summed E-state index contributed by atoms with van der Waals surface area (Å²) in [6.45, 7) is 3.83. The first-order chi connectivity index (χ1) is 13.1. The number of aromatic amines is 1. The average Bonchev–Trinajstić information content (AvgIpc) is 3.09. The van der Waals surface area contributed by atoms with Crippen molar-refractivity contribution in [2.45, 2.75) is 57.7 Å². The van der Waals surface area contributed by atoms with E-state index >= 15 is 0 Å². The van der Waals surface area contributed by atoms with Crippen LogP contribution in [0.1, 0.15) is 38.8 Å². The van der Waals surface area contributed by atoms with Crippen LogP contribution in [0.5, 0.6) is 0 Å². The largest absolute Gasteiger partial charge is 0.480 e. The van der Waals surface area contributed by atoms with Gasteiger partial charge < -0.3 is 32.2 Å². The Kier molecular flexibility index (Phi) is 9.09. The summed E-state index contributed by atoms with van der Waals surface area (Å²) in [5.41, 5.74) is 11.5. The Morgan fingerprint density at radius 1 is 1.18 bits per heavy atom. The predicted octanol–water partition coefficient (Wildman–Crippen LogP) is -1.35. The summed E-state index contributed by atoms with van der Waals surface area (Å²) in [5.74, 6) is -3.03. The van der Waals surface area contributed by atoms with Gasteiger partial charge in [0.15, 0.2) is 0 Å². The van der Waals surface area contributed by atoms with Gasteiger partial charge in [-0.1, -0.05) is 13.8 Å². The number of carbonyl (C=O) groups excluding carboxylic acids is 3. The first-order valence-electron chi connectivity index (χ1n) is 8.94. The Morgan fingerprint density at radius 3 is 2.32 bits per heavy atom. The number of amides is 3. The molecule has 8 N–H and O–H groups in total. The lowest BCUT2D eigenvalue weighted by molar-refractivity contribution is -0.142. The fraction of sp³-hybridized carbons (Fsp3) is 0.588. The van der Waals surface area contributed by atoms with Gasteiger partial charge >= 0.3 is 5.97 Å². The standard InChI is InChI=1S/C17H28N6O5/c1-9(2)5-11(18)15(25)23-13(6-10-7-20-8-21-10)16(26)22-12(17(27)28)3-4-14(19)24/h7-9,11-13H,3-6,18H2,1-2H3,(H2,19,24)(H,20,21)(H,22,26)(H,23,25)(H,27,28)/t11-,12-,13-/m0/s1. The van der Waals surface area contributed by atoms with Crippen molar-refractivity contribution in [2.75, 3.05) is 0 Å². The van der Waals surface area contributed by atoms with E-state index in [0.717, 1.165) is 0 Å². The Balaban J connectivity index is 2.87. The van der Waals surface area contributed by atoms with E-state index in [1.807, 2.05) is 13.8 Å². The fourth-order valence-electron chi connectivity index (χ4n) is 2.54. The maximum absolute atomic E-state index is 12.6. The molecule has 11 nitrogen and oxygen atoms in total. The topological polar surface area (TPSA) is 193 Å². The van der Waals surface area contributed by atoms with Gasteiger partial charge in [-0.05, 0) is 18.8 Å². The minimum Gasteiger partial charge on any atom is -0.480 e. The van der Waals surface area contributed by atoms with Crippen molar-refractivity contribution in [3.05, 3.63) is 18.2 Å². The van der Waals surface area contributed by atoms with Gasteiger partial charge in [-0.15, -0.1) is 0 Å². The summed E-state index contributed by atoms with van der Waals surface area (Å²) < 4.78 is 0. The first-order valence-corrected chi connectivity index (χ1v) is 8.94. The zero-order chi connectivity index (χ0) is 21.3. The molecule has 3 amide bonds. The molecule has 1 heterocycles. The van der Waals surface area contributed by atoms with Crippen LogP contribution in [0.4, 0.5) is 0 Å². The first kappa shape index (κ1) is 23.1. The number of hydrogen-bond acceptors (Lipinski definition) is 6. The van der Waals surface area contributed by atoms with Crippen molar-refractivity contribution in [3.8, 4) is 0 Å². The van der Waals surface area contributed by atoms with Crippen LogP contribution in [0.25, 0.3) is 0 Å². The van der Waals surface area contributed by atoms with Crippen LogP contribution in [0.2, 0.25) is 0 Å². The zero-order valence-electron chi connectivity index (χ0n) is 16.0. The summed E-state index contributed by atoms with van der Waals surface area (Å²) >= 11 is 0. The molecule has 3 atom stereocenters. The number of rotatable bonds is 12. The Labute approximate surface area is 162 Å². The molecule has 0 radical (unpaired) electrons. The van der Waals surface area contributed by atoms with Crippen LogP contribution in [0, 0.1) is 5.92 Å². The smallest absolute Gasteiger partial charge is 0.326 e. The molecule has 0 aliphatic rings. The van der Waals surface area contributed by atoms with Crippen molar-refractivity contribution >= 4 is 23.7 Å². The fourth-order valence-corrected chi connectivity index (χ4v) is 2.54. The van der Waals surface area contributed by atoms with Crippen LogP contribution in [-0.4, -0.2) is 56.9 Å². The maximum Gasteiger partial charge on any atom is 0.326 e. The lowest BCUT2D eigenvalue weighted by atomic mass is 10.0. The highest BCUT2D eigenvalue weighted by Gasteiger charge is 2.28. The minimum atomic E-state index is -1.31. The van der Waals surface area contributed by atoms with Crippen molar-refractivity contribution in [3.63, 3.8) is 0 Å². The third-order valence-electron chi connectivity index (χ3n) is 3.97. The molecule has 0 aromatic carbocycles. The third kappa shape index (κ3) is 8.16. The number of nitrogens with one attached hydrogen (secondary N) is 3. The molecule has 0 aliphatic carbocycles. The zero-order valence-corrected chi connectivity index (χ0v) is 16.0. The Hall–Kier alpha value is -2.95. The summed E-state index contributed by atoms with van der Waals surface area (Å²) in [7, 11) is 0. The molecule has 0 aliphatic heterocycles. The number of aromatic nitrogens is 2. The van der Waals surface area contributed by atoms with Crippen LogP contribution >= 0.6 is 0 Å². The van der Waals surface area contributed by atoms with Crippen LogP contribution in [0.3, 0.4) is 0 Å². The second-order valence-electron chi connectivity index (χ2n) is 6.98. The molecule has 0 bridgehead atoms. The predicted molar refractivity (Wildman–Crippen MR) is 99.6 cm³/mol. The van der Waals surface area contributed by atoms with Gasteiger partial charge in [0.25, 0.3) is 0 Å². The van der Waals surface area contributed by atoms with Gasteiger partial charge in [0.2, 0.25) is 17.7 Å². The molecular formula is C17H28N6O5. The molecule has 11 heteroatoms. The van der Waals surface area contributed by atoms with Crippen LogP contribution < -0.4 is 22.1 Å². The quantitative estimate of drug-likeness (QED) is 0.251. The van der Waals surface area contributed by atoms with E-state index in [0.29, 0.717) is 12.1 Å². The molecule has 0 unspecified atom stereocenters. The van der Waals surface area contributed by atoms with Crippen molar-refractivity contribution in [1.29, 1.82) is 0 Å². The molecule has 0 saturated heterocycles. The summed E-state index contributed by atoms with van der Waals surface area (Å²) in [6, 6.07) is -3.19. The van der Waals surface area contributed by atoms with Gasteiger partial charge in [-0.3, -0.25) is 14.4 Å². The van der Waals surface area contributed by atoms with Gasteiger partial charge in [-0.2, -0.15) is 0 Å². The van der Waals surface area contributed by atoms with E-state index in [1.165, 1.54) is 12.5 Å². The van der Waals surface area contributed by atoms with Crippen molar-refractivity contribution < 1.29 is 24.3 Å². The van der Waals surface area contributed by atoms with E-state index in [4.69, 9.17) is 11.5 Å². The van der Waals surface area contributed by atoms with Crippen LogP contribution in [0.15, 0.2) is 12.5 Å². The molecule has 156 valence electrons. The van der Waals surface area contributed by atoms with E-state index in [-0.39, 0.29) is 25.2 Å². The molecular weight excluding hydrogens is 368 g/mol.